The van der Waals surface area contributed by atoms with E-state index in [0.717, 1.165) is 11.1 Å². The van der Waals surface area contributed by atoms with E-state index in [0.29, 0.717) is 38.9 Å². The maximum atomic E-state index is 14.4. The van der Waals surface area contributed by atoms with Gasteiger partial charge in [-0.05, 0) is 82.5 Å². The molecule has 49 heavy (non-hydrogen) atoms. The van der Waals surface area contributed by atoms with Gasteiger partial charge in [0.15, 0.2) is 5.58 Å². The lowest BCUT2D eigenvalue weighted by Crippen LogP contribution is -2.40. The van der Waals surface area contributed by atoms with Crippen molar-refractivity contribution in [1.82, 2.24) is 10.7 Å². The third-order valence-corrected chi connectivity index (χ3v) is 7.17. The summed E-state index contributed by atoms with van der Waals surface area (Å²) in [5.74, 6) is 5.23. The average Bonchev–Trinajstić information content (AvgIpc) is 3.12. The monoisotopic (exact) mass is 653 g/mol. The molecule has 7 N–H and O–H groups in total. The molecule has 10 heteroatoms. The highest BCUT2D eigenvalue weighted by molar-refractivity contribution is 6.24. The molecule has 1 amide bonds. The molecule has 248 valence electrons. The topological polar surface area (TPSA) is 169 Å². The summed E-state index contributed by atoms with van der Waals surface area (Å²) in [6, 6.07) is 23.6. The van der Waals surface area contributed by atoms with Crippen LogP contribution in [0.4, 0.5) is 5.69 Å². The third kappa shape index (κ3) is 8.03. The lowest BCUT2D eigenvalue weighted by Gasteiger charge is -2.25. The second-order valence-electron chi connectivity index (χ2n) is 13.6. The van der Waals surface area contributed by atoms with Crippen LogP contribution in [0.3, 0.4) is 0 Å². The van der Waals surface area contributed by atoms with Crippen LogP contribution in [0.1, 0.15) is 84.5 Å². The standard InChI is InChI=1S/C39H39N7O3/c1-38(2,3)44-32-29-27-16-8-7-9-17-28(27)30(36(48)45-39(4,5)6)34(29)49-35(40)31(32)33(47)26-15-11-13-24(21-26)19-18-23-12-10-14-25(20-23)22-43-46-37(41)42/h7-17,20-22,40,44H,1-6H3,(H,45,48)(H4,41,42,46)/b40-35?,43-22+. The van der Waals surface area contributed by atoms with E-state index in [-0.39, 0.29) is 28.6 Å². The van der Waals surface area contributed by atoms with Crippen LogP contribution < -0.4 is 27.3 Å². The van der Waals surface area contributed by atoms with Crippen molar-refractivity contribution in [1.29, 1.82) is 10.8 Å². The number of anilines is 1. The summed E-state index contributed by atoms with van der Waals surface area (Å²) in [6.45, 7) is 11.6. The zero-order chi connectivity index (χ0) is 35.5. The van der Waals surface area contributed by atoms with Gasteiger partial charge in [0.2, 0.25) is 17.3 Å². The number of rotatable bonds is 6. The van der Waals surface area contributed by atoms with Crippen LogP contribution in [0.25, 0.3) is 22.1 Å². The van der Waals surface area contributed by atoms with Crippen molar-refractivity contribution in [2.75, 3.05) is 5.32 Å². The second-order valence-corrected chi connectivity index (χ2v) is 13.6. The van der Waals surface area contributed by atoms with Crippen LogP contribution in [0.15, 0.2) is 88.4 Å². The van der Waals surface area contributed by atoms with E-state index in [4.69, 9.17) is 21.0 Å². The Morgan fingerprint density at radius 2 is 1.49 bits per heavy atom. The summed E-state index contributed by atoms with van der Waals surface area (Å²) in [6.07, 6.45) is 1.53. The fraction of sp³-hybridized carbons (Fsp3) is 0.205. The first-order valence-corrected chi connectivity index (χ1v) is 15.7. The fourth-order valence-electron chi connectivity index (χ4n) is 5.34. The number of hydrazone groups is 1. The van der Waals surface area contributed by atoms with Crippen LogP contribution in [0, 0.1) is 22.7 Å². The Labute approximate surface area is 285 Å². The fourth-order valence-corrected chi connectivity index (χ4v) is 5.34. The van der Waals surface area contributed by atoms with Gasteiger partial charge in [0.05, 0.1) is 22.9 Å². The van der Waals surface area contributed by atoms with Gasteiger partial charge in [-0.2, -0.15) is 5.10 Å². The van der Waals surface area contributed by atoms with E-state index in [2.05, 4.69) is 33.0 Å². The second kappa shape index (κ2) is 13.5. The highest BCUT2D eigenvalue weighted by Gasteiger charge is 2.32. The van der Waals surface area contributed by atoms with Crippen LogP contribution in [0.2, 0.25) is 0 Å². The summed E-state index contributed by atoms with van der Waals surface area (Å²) in [5, 5.41) is 27.2. The van der Waals surface area contributed by atoms with E-state index in [9.17, 15) is 9.59 Å². The number of fused-ring (bicyclic) bond motifs is 3. The first kappa shape index (κ1) is 34.1. The van der Waals surface area contributed by atoms with Crippen molar-refractivity contribution >= 4 is 40.5 Å². The zero-order valence-corrected chi connectivity index (χ0v) is 28.3. The number of guanidine groups is 1. The Hall–Kier alpha value is -6.21. The van der Waals surface area contributed by atoms with Crippen molar-refractivity contribution in [2.24, 2.45) is 10.8 Å². The summed E-state index contributed by atoms with van der Waals surface area (Å²) in [5.41, 5.74) is 11.1. The molecule has 0 saturated heterocycles. The molecule has 0 aliphatic heterocycles. The Balaban J connectivity index is 1.63. The number of ketones is 1. The molecule has 2 aromatic carbocycles. The van der Waals surface area contributed by atoms with Crippen molar-refractivity contribution in [2.45, 2.75) is 52.6 Å². The Morgan fingerprint density at radius 1 is 0.837 bits per heavy atom. The molecule has 2 aliphatic rings. The SMILES string of the molecule is CC(C)(C)NC(=O)c1c2cccccc-2c2c(NC(C)(C)C)c(C(=O)c3cccc(C#Cc4cccc(/C=N/NC(=N)N)c4)c3)c(=N)oc12. The molecule has 10 nitrogen and oxygen atoms in total. The predicted octanol–water partition coefficient (Wildman–Crippen LogP) is 6.20. The minimum absolute atomic E-state index is 0.0554. The Bertz CT molecular complexity index is 2220. The van der Waals surface area contributed by atoms with Crippen LogP contribution in [-0.4, -0.2) is 34.9 Å². The zero-order valence-electron chi connectivity index (χ0n) is 28.3. The van der Waals surface area contributed by atoms with E-state index in [1.54, 1.807) is 24.3 Å². The highest BCUT2D eigenvalue weighted by atomic mass is 16.3. The largest absolute Gasteiger partial charge is 0.437 e. The molecule has 0 spiro atoms. The van der Waals surface area contributed by atoms with Gasteiger partial charge in [0.25, 0.3) is 5.91 Å². The number of nitrogens with one attached hydrogen (secondary N) is 5. The molecule has 0 fully saturated rings. The molecular formula is C39H39N7O3. The minimum Gasteiger partial charge on any atom is -0.437 e. The van der Waals surface area contributed by atoms with Crippen LogP contribution in [-0.2, 0) is 0 Å². The van der Waals surface area contributed by atoms with E-state index in [1.165, 1.54) is 6.21 Å². The molecule has 0 bridgehead atoms. The van der Waals surface area contributed by atoms with E-state index >= 15 is 0 Å². The highest BCUT2D eigenvalue weighted by Crippen LogP contribution is 2.44. The third-order valence-electron chi connectivity index (χ3n) is 7.17. The first-order valence-electron chi connectivity index (χ1n) is 15.7. The van der Waals surface area contributed by atoms with Crippen molar-refractivity contribution in [3.05, 3.63) is 118 Å². The van der Waals surface area contributed by atoms with Gasteiger partial charge in [-0.15, -0.1) is 0 Å². The first-order chi connectivity index (χ1) is 23.1. The molecule has 0 saturated carbocycles. The van der Waals surface area contributed by atoms with Gasteiger partial charge in [0, 0.05) is 27.8 Å². The molecule has 1 heterocycles. The van der Waals surface area contributed by atoms with Crippen molar-refractivity contribution in [3.8, 4) is 23.0 Å². The summed E-state index contributed by atoms with van der Waals surface area (Å²) < 4.78 is 6.14. The van der Waals surface area contributed by atoms with E-state index in [1.807, 2.05) is 96.1 Å². The number of nitrogens with two attached hydrogens (primary N) is 1. The molecule has 5 rings (SSSR count). The lowest BCUT2D eigenvalue weighted by molar-refractivity contribution is 0.0920. The normalized spacial score (nSPS) is 11.6. The summed E-state index contributed by atoms with van der Waals surface area (Å²) in [4.78, 5) is 28.1. The number of benzene rings is 2. The molecule has 3 aromatic rings. The number of hydrogen-bond donors (Lipinski definition) is 6. The van der Waals surface area contributed by atoms with E-state index < -0.39 is 16.9 Å². The molecule has 0 radical (unpaired) electrons. The molecular weight excluding hydrogens is 614 g/mol. The van der Waals surface area contributed by atoms with Gasteiger partial charge in [-0.1, -0.05) is 66.4 Å². The smallest absolute Gasteiger partial charge is 0.256 e. The van der Waals surface area contributed by atoms with Crippen molar-refractivity contribution < 1.29 is 14.0 Å². The predicted molar refractivity (Wildman–Crippen MR) is 194 cm³/mol. The molecule has 0 atom stereocenters. The maximum absolute atomic E-state index is 14.4. The maximum Gasteiger partial charge on any atom is 0.256 e. The lowest BCUT2D eigenvalue weighted by atomic mass is 9.97. The van der Waals surface area contributed by atoms with Gasteiger partial charge >= 0.3 is 0 Å². The van der Waals surface area contributed by atoms with Gasteiger partial charge < -0.3 is 20.8 Å². The number of nitrogens with zero attached hydrogens (tertiary/aromatic N) is 1. The summed E-state index contributed by atoms with van der Waals surface area (Å²) >= 11 is 0. The number of amides is 1. The van der Waals surface area contributed by atoms with Crippen molar-refractivity contribution in [3.63, 3.8) is 0 Å². The van der Waals surface area contributed by atoms with Gasteiger partial charge in [-0.3, -0.25) is 20.4 Å². The number of carbonyl (C=O) groups excluding carboxylic acids is 2. The van der Waals surface area contributed by atoms with Gasteiger partial charge in [0.1, 0.15) is 5.56 Å². The van der Waals surface area contributed by atoms with Gasteiger partial charge in [-0.25, -0.2) is 5.43 Å². The molecule has 2 aliphatic carbocycles. The van der Waals surface area contributed by atoms with Crippen LogP contribution >= 0.6 is 0 Å². The average molecular weight is 654 g/mol. The summed E-state index contributed by atoms with van der Waals surface area (Å²) in [7, 11) is 0. The number of carbonyl (C=O) groups is 2. The quantitative estimate of drug-likeness (QED) is 0.0419. The minimum atomic E-state index is -0.519. The Morgan fingerprint density at radius 3 is 2.14 bits per heavy atom. The number of hydrogen-bond acceptors (Lipinski definition) is 7. The van der Waals surface area contributed by atoms with Crippen LogP contribution in [0.5, 0.6) is 0 Å². The molecule has 0 unspecified atom stereocenters. The molecule has 1 aromatic heterocycles. The Kier molecular flexibility index (Phi) is 9.40.